The maximum atomic E-state index is 12.4. The molecule has 0 aromatic carbocycles. The Bertz CT molecular complexity index is 355. The van der Waals surface area contributed by atoms with Crippen LogP contribution in [0.25, 0.3) is 0 Å². The molecule has 1 aromatic rings. The number of hydrogen-bond donors (Lipinski definition) is 1. The van der Waals surface area contributed by atoms with Crippen molar-refractivity contribution in [3.8, 4) is 0 Å². The third-order valence-corrected chi connectivity index (χ3v) is 2.72. The Morgan fingerprint density at radius 2 is 1.89 bits per heavy atom. The molecule has 0 atom stereocenters. The summed E-state index contributed by atoms with van der Waals surface area (Å²) in [5.74, 6) is 0.921. The molecule has 0 aliphatic carbocycles. The van der Waals surface area contributed by atoms with E-state index in [0.29, 0.717) is 12.4 Å². The second-order valence-corrected chi connectivity index (χ2v) is 4.34. The summed E-state index contributed by atoms with van der Waals surface area (Å²) in [7, 11) is 0. The summed E-state index contributed by atoms with van der Waals surface area (Å²) in [6.45, 7) is 0.622. The minimum atomic E-state index is -4.32. The number of nitrogens with one attached hydrogen (secondary N) is 1. The molecule has 1 aromatic heterocycles. The van der Waals surface area contributed by atoms with Gasteiger partial charge in [0.2, 0.25) is 0 Å². The Morgan fingerprint density at radius 3 is 2.56 bits per heavy atom. The minimum absolute atomic E-state index is 0.266. The van der Waals surface area contributed by atoms with Gasteiger partial charge in [0.15, 0.2) is 0 Å². The summed E-state index contributed by atoms with van der Waals surface area (Å²) in [6, 6.07) is 1.99. The molecule has 1 rings (SSSR count). The van der Waals surface area contributed by atoms with Gasteiger partial charge >= 0.3 is 6.18 Å². The van der Waals surface area contributed by atoms with Gasteiger partial charge in [-0.3, -0.25) is 0 Å². The van der Waals surface area contributed by atoms with Gasteiger partial charge in [-0.1, -0.05) is 12.8 Å². The van der Waals surface area contributed by atoms with Gasteiger partial charge in [0.25, 0.3) is 0 Å². The van der Waals surface area contributed by atoms with E-state index in [1.165, 1.54) is 6.20 Å². The van der Waals surface area contributed by atoms with Crippen LogP contribution in [0.1, 0.15) is 31.2 Å². The van der Waals surface area contributed by atoms with Crippen LogP contribution in [0, 0.1) is 0 Å². The molecule has 102 valence electrons. The van der Waals surface area contributed by atoms with Crippen LogP contribution in [0.2, 0.25) is 0 Å². The summed E-state index contributed by atoms with van der Waals surface area (Å²) < 4.78 is 37.3. The van der Waals surface area contributed by atoms with E-state index in [9.17, 15) is 13.2 Å². The number of rotatable bonds is 7. The molecule has 0 saturated heterocycles. The zero-order valence-corrected chi connectivity index (χ0v) is 10.7. The Morgan fingerprint density at radius 1 is 1.17 bits per heavy atom. The van der Waals surface area contributed by atoms with Gasteiger partial charge in [0.05, 0.1) is 5.56 Å². The van der Waals surface area contributed by atoms with Crippen molar-refractivity contribution < 1.29 is 13.2 Å². The molecule has 0 unspecified atom stereocenters. The first-order valence-electron chi connectivity index (χ1n) is 5.87. The lowest BCUT2D eigenvalue weighted by Crippen LogP contribution is -2.08. The van der Waals surface area contributed by atoms with Crippen molar-refractivity contribution in [3.05, 3.63) is 23.9 Å². The van der Waals surface area contributed by atoms with Crippen molar-refractivity contribution in [2.24, 2.45) is 0 Å². The zero-order valence-electron chi connectivity index (χ0n) is 9.93. The molecule has 0 amide bonds. The third kappa shape index (κ3) is 5.58. The number of aromatic nitrogens is 1. The predicted octanol–water partition coefficient (Wildman–Crippen LogP) is 4.31. The van der Waals surface area contributed by atoms with Crippen molar-refractivity contribution in [1.29, 1.82) is 0 Å². The van der Waals surface area contributed by atoms with Crippen LogP contribution < -0.4 is 5.32 Å². The molecule has 2 nitrogen and oxygen atoms in total. The molecule has 0 radical (unpaired) electrons. The lowest BCUT2D eigenvalue weighted by Gasteiger charge is -2.09. The standard InChI is InChI=1S/C12H16ClF3N2/c13-6-3-1-2-4-7-17-11-9-10(5-8-18-11)12(14,15)16/h5,8-9H,1-4,6-7H2,(H,17,18). The zero-order chi connectivity index (χ0) is 13.4. The first-order valence-corrected chi connectivity index (χ1v) is 6.40. The molecule has 0 spiro atoms. The normalized spacial score (nSPS) is 11.6. The van der Waals surface area contributed by atoms with E-state index in [1.54, 1.807) is 0 Å². The van der Waals surface area contributed by atoms with Gasteiger partial charge in [-0.15, -0.1) is 11.6 Å². The smallest absolute Gasteiger partial charge is 0.370 e. The van der Waals surface area contributed by atoms with Gasteiger partial charge in [0.1, 0.15) is 5.82 Å². The quantitative estimate of drug-likeness (QED) is 0.594. The van der Waals surface area contributed by atoms with Gasteiger partial charge in [-0.2, -0.15) is 13.2 Å². The number of anilines is 1. The molecule has 0 aliphatic rings. The van der Waals surface area contributed by atoms with E-state index in [2.05, 4.69) is 10.3 Å². The van der Waals surface area contributed by atoms with E-state index in [1.807, 2.05) is 0 Å². The Labute approximate surface area is 110 Å². The summed E-state index contributed by atoms with van der Waals surface area (Å²) in [4.78, 5) is 3.85. The van der Waals surface area contributed by atoms with E-state index >= 15 is 0 Å². The fourth-order valence-corrected chi connectivity index (χ4v) is 1.68. The van der Waals surface area contributed by atoms with Crippen LogP contribution in [-0.2, 0) is 6.18 Å². The van der Waals surface area contributed by atoms with E-state index in [0.717, 1.165) is 37.8 Å². The van der Waals surface area contributed by atoms with Crippen LogP contribution in [-0.4, -0.2) is 17.4 Å². The SMILES string of the molecule is FC(F)(F)c1ccnc(NCCCCCCCl)c1. The molecule has 18 heavy (non-hydrogen) atoms. The molecule has 0 aliphatic heterocycles. The van der Waals surface area contributed by atoms with Crippen molar-refractivity contribution in [3.63, 3.8) is 0 Å². The second kappa shape index (κ2) is 7.46. The van der Waals surface area contributed by atoms with Gasteiger partial charge < -0.3 is 5.32 Å². The molecule has 0 bridgehead atoms. The lowest BCUT2D eigenvalue weighted by molar-refractivity contribution is -0.137. The lowest BCUT2D eigenvalue weighted by atomic mass is 10.2. The summed E-state index contributed by atoms with van der Waals surface area (Å²) in [5.41, 5.74) is -0.679. The molecule has 0 saturated carbocycles. The van der Waals surface area contributed by atoms with Crippen LogP contribution >= 0.6 is 11.6 Å². The molecular formula is C12H16ClF3N2. The van der Waals surface area contributed by atoms with Gasteiger partial charge in [-0.25, -0.2) is 4.98 Å². The number of nitrogens with zero attached hydrogens (tertiary/aromatic N) is 1. The number of hydrogen-bond acceptors (Lipinski definition) is 2. The highest BCUT2D eigenvalue weighted by molar-refractivity contribution is 6.17. The number of unbranched alkanes of at least 4 members (excludes halogenated alkanes) is 3. The van der Waals surface area contributed by atoms with Crippen LogP contribution in [0.3, 0.4) is 0 Å². The molecule has 1 heterocycles. The predicted molar refractivity (Wildman–Crippen MR) is 66.9 cm³/mol. The fraction of sp³-hybridized carbons (Fsp3) is 0.583. The first-order chi connectivity index (χ1) is 8.54. The fourth-order valence-electron chi connectivity index (χ4n) is 1.49. The highest BCUT2D eigenvalue weighted by Crippen LogP contribution is 2.29. The number of alkyl halides is 4. The van der Waals surface area contributed by atoms with Crippen LogP contribution in [0.15, 0.2) is 18.3 Å². The minimum Gasteiger partial charge on any atom is -0.370 e. The Kier molecular flexibility index (Phi) is 6.25. The van der Waals surface area contributed by atoms with Gasteiger partial charge in [0, 0.05) is 18.6 Å². The Balaban J connectivity index is 2.34. The number of pyridine rings is 1. The maximum Gasteiger partial charge on any atom is 0.416 e. The summed E-state index contributed by atoms with van der Waals surface area (Å²) >= 11 is 5.54. The van der Waals surface area contributed by atoms with E-state index < -0.39 is 11.7 Å². The topological polar surface area (TPSA) is 24.9 Å². The monoisotopic (exact) mass is 280 g/mol. The third-order valence-electron chi connectivity index (χ3n) is 2.45. The second-order valence-electron chi connectivity index (χ2n) is 3.96. The largest absolute Gasteiger partial charge is 0.416 e. The van der Waals surface area contributed by atoms with Gasteiger partial charge in [-0.05, 0) is 25.0 Å². The van der Waals surface area contributed by atoms with Crippen LogP contribution in [0.4, 0.5) is 19.0 Å². The Hall–Kier alpha value is -0.970. The van der Waals surface area contributed by atoms with Crippen molar-refractivity contribution in [2.45, 2.75) is 31.9 Å². The van der Waals surface area contributed by atoms with Crippen molar-refractivity contribution in [2.75, 3.05) is 17.7 Å². The van der Waals surface area contributed by atoms with E-state index in [4.69, 9.17) is 11.6 Å². The molecule has 1 N–H and O–H groups in total. The highest BCUT2D eigenvalue weighted by atomic mass is 35.5. The maximum absolute atomic E-state index is 12.4. The van der Waals surface area contributed by atoms with Crippen molar-refractivity contribution in [1.82, 2.24) is 4.98 Å². The average molecular weight is 281 g/mol. The first kappa shape index (κ1) is 15.1. The molecule has 6 heteroatoms. The summed E-state index contributed by atoms with van der Waals surface area (Å²) in [6.07, 6.45) is 0.774. The van der Waals surface area contributed by atoms with Crippen molar-refractivity contribution >= 4 is 17.4 Å². The highest BCUT2D eigenvalue weighted by Gasteiger charge is 2.30. The van der Waals surface area contributed by atoms with E-state index in [-0.39, 0.29) is 5.82 Å². The average Bonchev–Trinajstić information content (AvgIpc) is 2.33. The molecular weight excluding hydrogens is 265 g/mol. The van der Waals surface area contributed by atoms with Crippen LogP contribution in [0.5, 0.6) is 0 Å². The summed E-state index contributed by atoms with van der Waals surface area (Å²) in [5, 5.41) is 2.89. The number of halogens is 4. The molecule has 0 fully saturated rings.